The molecule has 2 aliphatic carbocycles. The summed E-state index contributed by atoms with van der Waals surface area (Å²) in [5.41, 5.74) is 19.7. The predicted molar refractivity (Wildman–Crippen MR) is 210 cm³/mol. The number of nitriles is 3. The van der Waals surface area contributed by atoms with Crippen LogP contribution in [0.4, 0.5) is 0 Å². The van der Waals surface area contributed by atoms with Gasteiger partial charge in [-0.15, -0.1) is 0 Å². The van der Waals surface area contributed by atoms with Crippen molar-refractivity contribution in [1.82, 2.24) is 9.13 Å². The molecule has 2 aromatic heterocycles. The largest absolute Gasteiger partial charge is 0.326 e. The van der Waals surface area contributed by atoms with Crippen LogP contribution in [0.25, 0.3) is 62.0 Å². The van der Waals surface area contributed by atoms with Crippen LogP contribution in [0.1, 0.15) is 59.8 Å². The lowest BCUT2D eigenvalue weighted by Gasteiger charge is -2.26. The summed E-state index contributed by atoms with van der Waals surface area (Å²) >= 11 is 0. The van der Waals surface area contributed by atoms with Crippen molar-refractivity contribution in [2.75, 3.05) is 0 Å². The van der Waals surface area contributed by atoms with Gasteiger partial charge < -0.3 is 14.9 Å². The Balaban J connectivity index is 1.26. The fraction of sp³-hybridized carbons (Fsp3) is 0.152. The molecule has 2 N–H and O–H groups in total. The van der Waals surface area contributed by atoms with Gasteiger partial charge in [-0.1, -0.05) is 91.9 Å². The third-order valence-corrected chi connectivity index (χ3v) is 10.3. The molecule has 0 fully saturated rings. The molecule has 250 valence electrons. The molecule has 6 aromatic rings. The summed E-state index contributed by atoms with van der Waals surface area (Å²) in [5, 5.41) is 32.6. The molecular formula is C46H36N6. The second-order valence-corrected chi connectivity index (χ2v) is 13.5. The first-order chi connectivity index (χ1) is 25.6. The Morgan fingerprint density at radius 2 is 1.58 bits per heavy atom. The Morgan fingerprint density at radius 1 is 0.846 bits per heavy atom. The Labute approximate surface area is 303 Å². The average Bonchev–Trinajstić information content (AvgIpc) is 3.69. The third-order valence-electron chi connectivity index (χ3n) is 10.3. The van der Waals surface area contributed by atoms with Gasteiger partial charge in [-0.3, -0.25) is 0 Å². The zero-order valence-corrected chi connectivity index (χ0v) is 29.0. The van der Waals surface area contributed by atoms with Crippen molar-refractivity contribution >= 4 is 45.2 Å². The standard InChI is InChI=1S/C46H36N6/c1-30-24-34(28-49)46(52-44-15-7-4-12-39(44)41(29-50)45(52)16-8-9-23-47)40(25-30)32-19-22-36(33(26-32)27-48)31-17-20-35(21-18-31)51-42-13-5-2-10-37(42)38-11-3-6-14-43(38)51/h2-5,7-8,10-13,15-22,24,26,30H,6,9,14,25,29,50H2,1H3/b16-8-. The zero-order chi connectivity index (χ0) is 35.8. The second kappa shape index (κ2) is 13.6. The monoisotopic (exact) mass is 672 g/mol. The molecule has 2 heterocycles. The maximum Gasteiger partial charge on any atom is 0.101 e. The fourth-order valence-electron chi connectivity index (χ4n) is 8.12. The number of benzene rings is 4. The maximum atomic E-state index is 10.5. The minimum absolute atomic E-state index is 0.116. The highest BCUT2D eigenvalue weighted by molar-refractivity contribution is 6.02. The summed E-state index contributed by atoms with van der Waals surface area (Å²) in [4.78, 5) is 0. The van der Waals surface area contributed by atoms with Crippen molar-refractivity contribution < 1.29 is 0 Å². The molecule has 1 atom stereocenters. The van der Waals surface area contributed by atoms with E-state index in [0.29, 0.717) is 24.1 Å². The van der Waals surface area contributed by atoms with E-state index in [2.05, 4.69) is 107 Å². The van der Waals surface area contributed by atoms with E-state index in [1.807, 2.05) is 48.6 Å². The van der Waals surface area contributed by atoms with Crippen LogP contribution in [-0.2, 0) is 13.0 Å². The number of fused-ring (bicyclic) bond motifs is 4. The summed E-state index contributed by atoms with van der Waals surface area (Å²) in [7, 11) is 0. The zero-order valence-electron chi connectivity index (χ0n) is 29.0. The summed E-state index contributed by atoms with van der Waals surface area (Å²) in [6.07, 6.45) is 13.3. The van der Waals surface area contributed by atoms with Crippen molar-refractivity contribution in [3.05, 3.63) is 148 Å². The third kappa shape index (κ3) is 5.37. The highest BCUT2D eigenvalue weighted by atomic mass is 15.0. The van der Waals surface area contributed by atoms with Crippen LogP contribution in [0, 0.1) is 39.9 Å². The maximum absolute atomic E-state index is 10.5. The Hall–Kier alpha value is -6.65. The van der Waals surface area contributed by atoms with E-state index in [-0.39, 0.29) is 12.3 Å². The van der Waals surface area contributed by atoms with Gasteiger partial charge in [0.05, 0.1) is 52.1 Å². The summed E-state index contributed by atoms with van der Waals surface area (Å²) in [5.74, 6) is 0.116. The normalized spacial score (nSPS) is 15.4. The summed E-state index contributed by atoms with van der Waals surface area (Å²) in [6.45, 7) is 2.42. The van der Waals surface area contributed by atoms with Crippen LogP contribution < -0.4 is 5.73 Å². The molecule has 0 saturated heterocycles. The van der Waals surface area contributed by atoms with E-state index in [0.717, 1.165) is 68.6 Å². The van der Waals surface area contributed by atoms with Crippen LogP contribution in [-0.4, -0.2) is 9.13 Å². The number of rotatable bonds is 7. The van der Waals surface area contributed by atoms with Gasteiger partial charge in [0.25, 0.3) is 0 Å². The highest BCUT2D eigenvalue weighted by Crippen LogP contribution is 2.43. The van der Waals surface area contributed by atoms with Crippen LogP contribution in [0.5, 0.6) is 0 Å². The number of nitrogens with zero attached hydrogens (tertiary/aromatic N) is 5. The molecule has 0 bridgehead atoms. The van der Waals surface area contributed by atoms with Gasteiger partial charge in [-0.2, -0.15) is 15.8 Å². The molecule has 0 aliphatic heterocycles. The average molecular weight is 673 g/mol. The molecule has 6 nitrogen and oxygen atoms in total. The molecule has 2 aliphatic rings. The lowest BCUT2D eigenvalue weighted by atomic mass is 9.84. The second-order valence-electron chi connectivity index (χ2n) is 13.5. The number of aromatic nitrogens is 2. The molecule has 8 rings (SSSR count). The summed E-state index contributed by atoms with van der Waals surface area (Å²) < 4.78 is 4.50. The van der Waals surface area contributed by atoms with Gasteiger partial charge in [0.2, 0.25) is 0 Å². The van der Waals surface area contributed by atoms with E-state index in [1.54, 1.807) is 0 Å². The Bertz CT molecular complexity index is 2650. The first-order valence-electron chi connectivity index (χ1n) is 17.7. The topological polar surface area (TPSA) is 107 Å². The van der Waals surface area contributed by atoms with Crippen molar-refractivity contribution in [2.45, 2.75) is 39.2 Å². The highest BCUT2D eigenvalue weighted by Gasteiger charge is 2.27. The quantitative estimate of drug-likeness (QED) is 0.182. The smallest absolute Gasteiger partial charge is 0.101 e. The Morgan fingerprint density at radius 3 is 2.31 bits per heavy atom. The predicted octanol–water partition coefficient (Wildman–Crippen LogP) is 10.3. The number of hydrogen-bond acceptors (Lipinski definition) is 4. The molecule has 0 amide bonds. The molecule has 4 aromatic carbocycles. The van der Waals surface area contributed by atoms with Crippen molar-refractivity contribution in [2.24, 2.45) is 11.7 Å². The Kier molecular flexibility index (Phi) is 8.50. The van der Waals surface area contributed by atoms with Crippen molar-refractivity contribution in [3.8, 4) is 35.0 Å². The van der Waals surface area contributed by atoms with E-state index >= 15 is 0 Å². The van der Waals surface area contributed by atoms with Crippen molar-refractivity contribution in [1.29, 1.82) is 15.8 Å². The summed E-state index contributed by atoms with van der Waals surface area (Å²) in [6, 6.07) is 38.4. The van der Waals surface area contributed by atoms with Crippen LogP contribution in [0.3, 0.4) is 0 Å². The molecule has 6 heteroatoms. The van der Waals surface area contributed by atoms with Gasteiger partial charge in [0, 0.05) is 34.3 Å². The fourth-order valence-corrected chi connectivity index (χ4v) is 8.12. The molecule has 52 heavy (non-hydrogen) atoms. The van der Waals surface area contributed by atoms with Crippen LogP contribution >= 0.6 is 0 Å². The number of nitrogens with two attached hydrogens (primary N) is 1. The minimum Gasteiger partial charge on any atom is -0.326 e. The molecule has 0 saturated carbocycles. The van der Waals surface area contributed by atoms with E-state index in [1.165, 1.54) is 22.2 Å². The van der Waals surface area contributed by atoms with E-state index in [4.69, 9.17) is 5.73 Å². The SMILES string of the molecule is CC1C=C(C#N)C(n2c(/C=C\CC#N)c(CN)c3ccccc32)=C(c2ccc(-c3ccc(-n4c5c(c6ccccc64)C=CCC5)cc3)c(C#N)c2)C1. The lowest BCUT2D eigenvalue weighted by Crippen LogP contribution is -2.12. The first-order valence-corrected chi connectivity index (χ1v) is 17.7. The van der Waals surface area contributed by atoms with Gasteiger partial charge in [-0.05, 0) is 89.4 Å². The van der Waals surface area contributed by atoms with Gasteiger partial charge in [0.1, 0.15) is 6.07 Å². The van der Waals surface area contributed by atoms with E-state index < -0.39 is 0 Å². The van der Waals surface area contributed by atoms with Gasteiger partial charge >= 0.3 is 0 Å². The van der Waals surface area contributed by atoms with Gasteiger partial charge in [-0.25, -0.2) is 0 Å². The lowest BCUT2D eigenvalue weighted by molar-refractivity contribution is 0.742. The van der Waals surface area contributed by atoms with Crippen LogP contribution in [0.2, 0.25) is 0 Å². The van der Waals surface area contributed by atoms with E-state index in [9.17, 15) is 15.8 Å². The molecule has 0 radical (unpaired) electrons. The number of para-hydroxylation sites is 2. The molecular weight excluding hydrogens is 637 g/mol. The van der Waals surface area contributed by atoms with Crippen LogP contribution in [0.15, 0.2) is 115 Å². The molecule has 0 spiro atoms. The minimum atomic E-state index is 0.116. The van der Waals surface area contributed by atoms with Gasteiger partial charge in [0.15, 0.2) is 0 Å². The number of hydrogen-bond donors (Lipinski definition) is 1. The van der Waals surface area contributed by atoms with Crippen molar-refractivity contribution in [3.63, 3.8) is 0 Å². The molecule has 1 unspecified atom stereocenters. The number of allylic oxidation sites excluding steroid dienone is 6. The first kappa shape index (κ1) is 32.5.